The van der Waals surface area contributed by atoms with E-state index in [2.05, 4.69) is 17.2 Å². The second kappa shape index (κ2) is 9.46. The van der Waals surface area contributed by atoms with E-state index in [1.54, 1.807) is 36.0 Å². The van der Waals surface area contributed by atoms with E-state index in [-0.39, 0.29) is 24.4 Å². The lowest BCUT2D eigenvalue weighted by Crippen LogP contribution is -2.27. The van der Waals surface area contributed by atoms with Crippen molar-refractivity contribution in [2.45, 2.75) is 25.8 Å². The third kappa shape index (κ3) is 5.29. The number of hydrogen-bond acceptors (Lipinski definition) is 4. The van der Waals surface area contributed by atoms with Gasteiger partial charge in [-0.2, -0.15) is 0 Å². The Labute approximate surface area is 173 Å². The van der Waals surface area contributed by atoms with Crippen molar-refractivity contribution in [3.05, 3.63) is 68.7 Å². The quantitative estimate of drug-likeness (QED) is 0.481. The summed E-state index contributed by atoms with van der Waals surface area (Å²) in [7, 11) is 1.75. The Morgan fingerprint density at radius 1 is 1.31 bits per heavy atom. The van der Waals surface area contributed by atoms with E-state index in [0.717, 1.165) is 5.56 Å². The maximum absolute atomic E-state index is 12.8. The number of amides is 1. The Hall–Kier alpha value is -3.01. The van der Waals surface area contributed by atoms with Crippen molar-refractivity contribution >= 4 is 28.6 Å². The zero-order chi connectivity index (χ0) is 20.8. The number of nitrogens with one attached hydrogen (secondary N) is 1. The van der Waals surface area contributed by atoms with E-state index in [4.69, 9.17) is 21.1 Å². The van der Waals surface area contributed by atoms with Crippen LogP contribution < -0.4 is 10.7 Å². The van der Waals surface area contributed by atoms with Crippen LogP contribution in [0.3, 0.4) is 0 Å². The van der Waals surface area contributed by atoms with E-state index >= 15 is 0 Å². The number of carbonyl (C=O) groups is 1. The van der Waals surface area contributed by atoms with Gasteiger partial charge >= 0.3 is 0 Å². The molecule has 0 saturated carbocycles. The highest BCUT2D eigenvalue weighted by Crippen LogP contribution is 2.16. The van der Waals surface area contributed by atoms with Gasteiger partial charge in [0.1, 0.15) is 0 Å². The van der Waals surface area contributed by atoms with Crippen molar-refractivity contribution < 1.29 is 14.3 Å². The first-order valence-electron chi connectivity index (χ1n) is 9.21. The molecule has 1 amide bonds. The Morgan fingerprint density at radius 2 is 2.07 bits per heavy atom. The molecule has 0 aliphatic carbocycles. The Bertz CT molecular complexity index is 1130. The van der Waals surface area contributed by atoms with Crippen molar-refractivity contribution in [1.82, 2.24) is 9.88 Å². The minimum atomic E-state index is -0.246. The van der Waals surface area contributed by atoms with Crippen LogP contribution in [0.4, 0.5) is 0 Å². The maximum Gasteiger partial charge on any atom is 0.224 e. The molecule has 7 heteroatoms. The van der Waals surface area contributed by atoms with Gasteiger partial charge in [0.2, 0.25) is 11.6 Å². The lowest BCUT2D eigenvalue weighted by Gasteiger charge is -2.07. The number of hydrogen-bond donors (Lipinski definition) is 2. The molecular formula is C22H21ClN2O4. The van der Waals surface area contributed by atoms with Gasteiger partial charge in [0, 0.05) is 49.5 Å². The van der Waals surface area contributed by atoms with Crippen molar-refractivity contribution in [2.24, 2.45) is 7.05 Å². The number of carbonyl (C=O) groups excluding carboxylic acids is 1. The number of furan rings is 1. The summed E-state index contributed by atoms with van der Waals surface area (Å²) in [6, 6.07) is 8.79. The van der Waals surface area contributed by atoms with Crippen molar-refractivity contribution in [2.75, 3.05) is 6.61 Å². The van der Waals surface area contributed by atoms with Crippen molar-refractivity contribution in [3.8, 4) is 11.8 Å². The van der Waals surface area contributed by atoms with Gasteiger partial charge < -0.3 is 19.4 Å². The van der Waals surface area contributed by atoms with Crippen LogP contribution in [0.2, 0.25) is 5.02 Å². The summed E-state index contributed by atoms with van der Waals surface area (Å²) in [6.45, 7) is 0.440. The summed E-state index contributed by atoms with van der Waals surface area (Å²) in [4.78, 5) is 25.1. The predicted octanol–water partition coefficient (Wildman–Crippen LogP) is 2.77. The lowest BCUT2D eigenvalue weighted by molar-refractivity contribution is -0.120. The first-order chi connectivity index (χ1) is 14.0. The van der Waals surface area contributed by atoms with Crippen LogP contribution in [0.15, 0.2) is 45.7 Å². The topological polar surface area (TPSA) is 84.5 Å². The third-order valence-electron chi connectivity index (χ3n) is 4.34. The molecule has 2 heterocycles. The molecule has 0 aliphatic rings. The molecule has 1 aromatic carbocycles. The lowest BCUT2D eigenvalue weighted by atomic mass is 10.1. The first-order valence-corrected chi connectivity index (χ1v) is 9.58. The number of benzene rings is 1. The monoisotopic (exact) mass is 412 g/mol. The molecule has 3 aromatic rings. The summed E-state index contributed by atoms with van der Waals surface area (Å²) in [5.74, 6) is 5.89. The zero-order valence-corrected chi connectivity index (χ0v) is 16.8. The summed E-state index contributed by atoms with van der Waals surface area (Å²) < 4.78 is 7.33. The van der Waals surface area contributed by atoms with Gasteiger partial charge in [-0.1, -0.05) is 29.7 Å². The van der Waals surface area contributed by atoms with E-state index < -0.39 is 0 Å². The number of aromatic nitrogens is 1. The summed E-state index contributed by atoms with van der Waals surface area (Å²) in [5, 5.41) is 12.6. The smallest absolute Gasteiger partial charge is 0.224 e. The molecule has 0 spiro atoms. The summed E-state index contributed by atoms with van der Waals surface area (Å²) >= 11 is 5.85. The minimum Gasteiger partial charge on any atom is -0.431 e. The molecule has 0 bridgehead atoms. The zero-order valence-electron chi connectivity index (χ0n) is 16.0. The van der Waals surface area contributed by atoms with Crippen molar-refractivity contribution in [3.63, 3.8) is 0 Å². The fourth-order valence-corrected chi connectivity index (χ4v) is 3.00. The predicted molar refractivity (Wildman–Crippen MR) is 112 cm³/mol. The highest BCUT2D eigenvalue weighted by Gasteiger charge is 2.15. The summed E-state index contributed by atoms with van der Waals surface area (Å²) in [5.41, 5.74) is 1.47. The van der Waals surface area contributed by atoms with E-state index in [0.29, 0.717) is 46.8 Å². The largest absolute Gasteiger partial charge is 0.431 e. The molecular weight excluding hydrogens is 392 g/mol. The molecule has 150 valence electrons. The van der Waals surface area contributed by atoms with Crippen molar-refractivity contribution in [1.29, 1.82) is 0 Å². The highest BCUT2D eigenvalue weighted by molar-refractivity contribution is 6.30. The molecule has 6 nitrogen and oxygen atoms in total. The van der Waals surface area contributed by atoms with Gasteiger partial charge in [-0.15, -0.1) is 0 Å². The minimum absolute atomic E-state index is 0.0289. The number of aryl methyl sites for hydroxylation is 1. The van der Waals surface area contributed by atoms with Crippen LogP contribution in [0.1, 0.15) is 29.7 Å². The molecule has 2 N–H and O–H groups in total. The van der Waals surface area contributed by atoms with Crippen LogP contribution in [0, 0.1) is 11.8 Å². The van der Waals surface area contributed by atoms with Crippen LogP contribution in [0.5, 0.6) is 0 Å². The molecule has 0 atom stereocenters. The molecule has 0 unspecified atom stereocenters. The van der Waals surface area contributed by atoms with Gasteiger partial charge in [0.15, 0.2) is 11.2 Å². The van der Waals surface area contributed by atoms with Gasteiger partial charge in [-0.05, 0) is 30.0 Å². The number of rotatable bonds is 6. The number of pyridine rings is 1. The van der Waals surface area contributed by atoms with Gasteiger partial charge in [-0.25, -0.2) is 0 Å². The average molecular weight is 413 g/mol. The molecule has 0 aliphatic heterocycles. The molecule has 29 heavy (non-hydrogen) atoms. The van der Waals surface area contributed by atoms with Gasteiger partial charge in [-0.3, -0.25) is 9.59 Å². The SMILES string of the molecule is Cn1cc(CC(=O)NCc2ccc(Cl)cc2)c(=O)c2cc(C#CCCCO)oc21. The van der Waals surface area contributed by atoms with Crippen LogP contribution in [-0.2, 0) is 24.8 Å². The van der Waals surface area contributed by atoms with Crippen LogP contribution in [0.25, 0.3) is 11.1 Å². The summed E-state index contributed by atoms with van der Waals surface area (Å²) in [6.07, 6.45) is 2.71. The normalized spacial score (nSPS) is 10.6. The number of aliphatic hydroxyl groups is 1. The number of fused-ring (bicyclic) bond motifs is 1. The van der Waals surface area contributed by atoms with E-state index in [1.165, 1.54) is 0 Å². The molecule has 0 fully saturated rings. The third-order valence-corrected chi connectivity index (χ3v) is 4.60. The standard InChI is InChI=1S/C22H21ClN2O4/c1-25-14-16(11-20(27)24-13-15-6-8-17(23)9-7-15)21(28)19-12-18(29-22(19)25)5-3-2-4-10-26/h6-9,12,14,26H,2,4,10-11,13H2,1H3,(H,24,27). The molecule has 0 radical (unpaired) electrons. The van der Waals surface area contributed by atoms with Crippen LogP contribution >= 0.6 is 11.6 Å². The maximum atomic E-state index is 12.8. The average Bonchev–Trinajstić information content (AvgIpc) is 3.14. The first kappa shape index (κ1) is 20.7. The number of halogens is 1. The molecule has 0 saturated heterocycles. The van der Waals surface area contributed by atoms with Crippen LogP contribution in [-0.4, -0.2) is 22.2 Å². The van der Waals surface area contributed by atoms with E-state index in [1.807, 2.05) is 12.1 Å². The Morgan fingerprint density at radius 3 is 2.79 bits per heavy atom. The van der Waals surface area contributed by atoms with E-state index in [9.17, 15) is 9.59 Å². The second-order valence-corrected chi connectivity index (χ2v) is 7.07. The number of unbranched alkanes of at least 4 members (excludes halogenated alkanes) is 1. The molecule has 3 rings (SSSR count). The van der Waals surface area contributed by atoms with Gasteiger partial charge in [0.25, 0.3) is 0 Å². The highest BCUT2D eigenvalue weighted by atomic mass is 35.5. The second-order valence-electron chi connectivity index (χ2n) is 6.63. The number of nitrogens with zero attached hydrogens (tertiary/aromatic N) is 1. The Kier molecular flexibility index (Phi) is 6.76. The molecule has 2 aromatic heterocycles. The Balaban J connectivity index is 1.74. The fraction of sp³-hybridized carbons (Fsp3) is 0.273. The van der Waals surface area contributed by atoms with Gasteiger partial charge in [0.05, 0.1) is 11.8 Å². The fourth-order valence-electron chi connectivity index (χ4n) is 2.87. The number of aliphatic hydroxyl groups excluding tert-OH is 1.